The molecule has 0 aliphatic heterocycles. The molecule has 3 aromatic rings. The summed E-state index contributed by atoms with van der Waals surface area (Å²) in [6.07, 6.45) is 3.39. The van der Waals surface area contributed by atoms with Crippen LogP contribution in [-0.2, 0) is 6.61 Å². The molecule has 0 radical (unpaired) electrons. The molecule has 0 bridgehead atoms. The van der Waals surface area contributed by atoms with E-state index in [0.717, 1.165) is 21.3 Å². The number of ketones is 1. The second-order valence-electron chi connectivity index (χ2n) is 5.52. The van der Waals surface area contributed by atoms with E-state index < -0.39 is 0 Å². The highest BCUT2D eigenvalue weighted by atomic mass is 79.9. The van der Waals surface area contributed by atoms with Gasteiger partial charge in [0.1, 0.15) is 12.4 Å². The Labute approximate surface area is 155 Å². The van der Waals surface area contributed by atoms with Crippen molar-refractivity contribution in [3.63, 3.8) is 0 Å². The minimum absolute atomic E-state index is 0.0307. The van der Waals surface area contributed by atoms with Crippen LogP contribution in [0, 0.1) is 0 Å². The van der Waals surface area contributed by atoms with Gasteiger partial charge in [0, 0.05) is 10.0 Å². The molecular formula is C22H17BrO2. The number of halogens is 1. The molecule has 0 spiro atoms. The minimum atomic E-state index is -0.0307. The van der Waals surface area contributed by atoms with E-state index in [-0.39, 0.29) is 5.78 Å². The molecular weight excluding hydrogens is 376 g/mol. The van der Waals surface area contributed by atoms with Gasteiger partial charge in [0.2, 0.25) is 0 Å². The Morgan fingerprint density at radius 1 is 0.880 bits per heavy atom. The number of carbonyl (C=O) groups excluding carboxylic acids is 1. The third-order valence-electron chi connectivity index (χ3n) is 3.69. The predicted octanol–water partition coefficient (Wildman–Crippen LogP) is 5.92. The van der Waals surface area contributed by atoms with Crippen molar-refractivity contribution in [3.05, 3.63) is 106 Å². The fraction of sp³-hybridized carbons (Fsp3) is 0.0455. The van der Waals surface area contributed by atoms with Crippen molar-refractivity contribution < 1.29 is 9.53 Å². The summed E-state index contributed by atoms with van der Waals surface area (Å²) in [4.78, 5) is 12.2. The lowest BCUT2D eigenvalue weighted by Gasteiger charge is -2.06. The van der Waals surface area contributed by atoms with Gasteiger partial charge in [0.15, 0.2) is 5.78 Å². The third-order valence-corrected chi connectivity index (χ3v) is 4.39. The average Bonchev–Trinajstić information content (AvgIpc) is 2.66. The summed E-state index contributed by atoms with van der Waals surface area (Å²) in [5.41, 5.74) is 2.74. The lowest BCUT2D eigenvalue weighted by Crippen LogP contribution is -1.95. The Hall–Kier alpha value is -2.65. The smallest absolute Gasteiger partial charge is 0.186 e. The maximum atomic E-state index is 12.2. The molecule has 0 fully saturated rings. The summed E-state index contributed by atoms with van der Waals surface area (Å²) in [6.45, 7) is 0.538. The Morgan fingerprint density at radius 2 is 1.56 bits per heavy atom. The maximum Gasteiger partial charge on any atom is 0.186 e. The van der Waals surface area contributed by atoms with E-state index in [1.165, 1.54) is 0 Å². The van der Waals surface area contributed by atoms with Gasteiger partial charge in [-0.3, -0.25) is 4.79 Å². The fourth-order valence-electron chi connectivity index (χ4n) is 2.34. The maximum absolute atomic E-state index is 12.2. The summed E-state index contributed by atoms with van der Waals surface area (Å²) < 4.78 is 6.56. The van der Waals surface area contributed by atoms with Crippen LogP contribution in [0.3, 0.4) is 0 Å². The number of benzene rings is 3. The summed E-state index contributed by atoms with van der Waals surface area (Å²) in [5, 5.41) is 0. The van der Waals surface area contributed by atoms with E-state index in [0.29, 0.717) is 12.2 Å². The lowest BCUT2D eigenvalue weighted by molar-refractivity contribution is 0.104. The average molecular weight is 393 g/mol. The third kappa shape index (κ3) is 4.91. The molecule has 0 aliphatic carbocycles. The second kappa shape index (κ2) is 8.45. The molecule has 0 unspecified atom stereocenters. The van der Waals surface area contributed by atoms with Gasteiger partial charge in [-0.25, -0.2) is 0 Å². The van der Waals surface area contributed by atoms with Crippen LogP contribution in [0.5, 0.6) is 5.75 Å². The lowest BCUT2D eigenvalue weighted by atomic mass is 10.1. The molecule has 124 valence electrons. The van der Waals surface area contributed by atoms with E-state index in [1.807, 2.05) is 78.9 Å². The second-order valence-corrected chi connectivity index (χ2v) is 6.38. The van der Waals surface area contributed by atoms with Crippen molar-refractivity contribution in [2.75, 3.05) is 0 Å². The van der Waals surface area contributed by atoms with Crippen LogP contribution >= 0.6 is 15.9 Å². The Balaban J connectivity index is 1.60. The van der Waals surface area contributed by atoms with Crippen LogP contribution in [0.2, 0.25) is 0 Å². The molecule has 0 atom stereocenters. The van der Waals surface area contributed by atoms with E-state index in [1.54, 1.807) is 12.1 Å². The minimum Gasteiger partial charge on any atom is -0.489 e. The zero-order chi connectivity index (χ0) is 17.5. The van der Waals surface area contributed by atoms with Crippen molar-refractivity contribution in [1.29, 1.82) is 0 Å². The Morgan fingerprint density at radius 3 is 2.28 bits per heavy atom. The molecule has 0 amide bonds. The molecule has 25 heavy (non-hydrogen) atoms. The first kappa shape index (κ1) is 17.2. The van der Waals surface area contributed by atoms with Gasteiger partial charge < -0.3 is 4.74 Å². The summed E-state index contributed by atoms with van der Waals surface area (Å²) in [6, 6.07) is 25.1. The topological polar surface area (TPSA) is 26.3 Å². The van der Waals surface area contributed by atoms with Crippen LogP contribution < -0.4 is 4.74 Å². The molecule has 0 heterocycles. The van der Waals surface area contributed by atoms with Gasteiger partial charge in [-0.1, -0.05) is 76.6 Å². The molecule has 3 aromatic carbocycles. The first-order valence-electron chi connectivity index (χ1n) is 7.96. The summed E-state index contributed by atoms with van der Waals surface area (Å²) in [5.74, 6) is 0.773. The summed E-state index contributed by atoms with van der Waals surface area (Å²) in [7, 11) is 0. The monoisotopic (exact) mass is 392 g/mol. The highest BCUT2D eigenvalue weighted by Gasteiger charge is 2.05. The quantitative estimate of drug-likeness (QED) is 0.384. The molecule has 3 heteroatoms. The van der Waals surface area contributed by atoms with Gasteiger partial charge in [-0.05, 0) is 41.5 Å². The number of allylic oxidation sites excluding steroid dienone is 1. The highest BCUT2D eigenvalue weighted by Crippen LogP contribution is 2.18. The van der Waals surface area contributed by atoms with Gasteiger partial charge in [-0.2, -0.15) is 0 Å². The van der Waals surface area contributed by atoms with Crippen LogP contribution in [0.15, 0.2) is 89.4 Å². The largest absolute Gasteiger partial charge is 0.489 e. The molecule has 3 rings (SSSR count). The number of hydrogen-bond donors (Lipinski definition) is 0. The molecule has 0 aromatic heterocycles. The zero-order valence-electron chi connectivity index (χ0n) is 13.6. The molecule has 0 saturated carbocycles. The van der Waals surface area contributed by atoms with Crippen LogP contribution in [0.4, 0.5) is 0 Å². The predicted molar refractivity (Wildman–Crippen MR) is 105 cm³/mol. The number of carbonyl (C=O) groups is 1. The van der Waals surface area contributed by atoms with Gasteiger partial charge >= 0.3 is 0 Å². The van der Waals surface area contributed by atoms with Gasteiger partial charge in [0.05, 0.1) is 0 Å². The van der Waals surface area contributed by atoms with E-state index in [4.69, 9.17) is 4.74 Å². The highest BCUT2D eigenvalue weighted by molar-refractivity contribution is 9.10. The number of hydrogen-bond acceptors (Lipinski definition) is 2. The van der Waals surface area contributed by atoms with Crippen molar-refractivity contribution in [1.82, 2.24) is 0 Å². The number of ether oxygens (including phenoxy) is 1. The molecule has 0 aliphatic rings. The van der Waals surface area contributed by atoms with Crippen LogP contribution in [-0.4, -0.2) is 5.78 Å². The SMILES string of the molecule is O=C(/C=C\c1ccc(OCc2ccccc2)cc1)c1ccccc1Br. The first-order valence-corrected chi connectivity index (χ1v) is 8.75. The van der Waals surface area contributed by atoms with Crippen molar-refractivity contribution >= 4 is 27.8 Å². The van der Waals surface area contributed by atoms with Gasteiger partial charge in [0.25, 0.3) is 0 Å². The summed E-state index contributed by atoms with van der Waals surface area (Å²) >= 11 is 3.40. The van der Waals surface area contributed by atoms with E-state index in [2.05, 4.69) is 15.9 Å². The normalized spacial score (nSPS) is 10.8. The zero-order valence-corrected chi connectivity index (χ0v) is 15.1. The number of rotatable bonds is 6. The Kier molecular flexibility index (Phi) is 5.81. The Bertz CT molecular complexity index is 868. The molecule has 2 nitrogen and oxygen atoms in total. The van der Waals surface area contributed by atoms with Crippen molar-refractivity contribution in [3.8, 4) is 5.75 Å². The van der Waals surface area contributed by atoms with Crippen LogP contribution in [0.25, 0.3) is 6.08 Å². The van der Waals surface area contributed by atoms with E-state index >= 15 is 0 Å². The van der Waals surface area contributed by atoms with E-state index in [9.17, 15) is 4.79 Å². The fourth-order valence-corrected chi connectivity index (χ4v) is 2.82. The van der Waals surface area contributed by atoms with Crippen molar-refractivity contribution in [2.45, 2.75) is 6.61 Å². The van der Waals surface area contributed by atoms with Crippen LogP contribution in [0.1, 0.15) is 21.5 Å². The van der Waals surface area contributed by atoms with Gasteiger partial charge in [-0.15, -0.1) is 0 Å². The van der Waals surface area contributed by atoms with Crippen molar-refractivity contribution in [2.24, 2.45) is 0 Å². The first-order chi connectivity index (χ1) is 12.2. The standard InChI is InChI=1S/C22H17BrO2/c23-21-9-5-4-8-20(21)22(24)15-12-17-10-13-19(14-11-17)25-16-18-6-2-1-3-7-18/h1-15H,16H2/b15-12-. The molecule has 0 N–H and O–H groups in total. The molecule has 0 saturated heterocycles.